The fourth-order valence-corrected chi connectivity index (χ4v) is 4.06. The van der Waals surface area contributed by atoms with Gasteiger partial charge >= 0.3 is 5.97 Å². The number of halogens is 1. The summed E-state index contributed by atoms with van der Waals surface area (Å²) in [7, 11) is 0. The predicted molar refractivity (Wildman–Crippen MR) is 126 cm³/mol. The van der Waals surface area contributed by atoms with Crippen LogP contribution in [0.3, 0.4) is 0 Å². The molecule has 29 heavy (non-hydrogen) atoms. The van der Waals surface area contributed by atoms with Gasteiger partial charge in [0.25, 0.3) is 0 Å². The number of nitrogens with one attached hydrogen (secondary N) is 1. The third-order valence-corrected chi connectivity index (χ3v) is 5.67. The first-order valence-corrected chi connectivity index (χ1v) is 11.0. The topological polar surface area (TPSA) is 38.3 Å². The van der Waals surface area contributed by atoms with Crippen LogP contribution in [0.25, 0.3) is 0 Å². The summed E-state index contributed by atoms with van der Waals surface area (Å²) < 4.78 is 5.94. The van der Waals surface area contributed by atoms with Gasteiger partial charge < -0.3 is 4.74 Å². The van der Waals surface area contributed by atoms with Crippen LogP contribution < -0.4 is 5.32 Å². The Balaban J connectivity index is 2.19. The van der Waals surface area contributed by atoms with Crippen molar-refractivity contribution in [3.05, 3.63) is 120 Å². The second kappa shape index (κ2) is 10.4. The standard InChI is InChI=1S/C25H24INO2/c1-2-18-29-24(28)23(19-26)27-25(20-12-6-3-7-13-20,21-14-8-4-9-15-21)22-16-10-5-11-17-22/h2-17,23,27H,1,18-19H2/t23-/m1/s1. The van der Waals surface area contributed by atoms with Crippen LogP contribution in [0.2, 0.25) is 0 Å². The molecule has 148 valence electrons. The summed E-state index contributed by atoms with van der Waals surface area (Å²) in [6, 6.07) is 30.2. The summed E-state index contributed by atoms with van der Waals surface area (Å²) >= 11 is 2.23. The molecule has 0 aliphatic carbocycles. The molecule has 0 unspecified atom stereocenters. The first-order valence-electron chi connectivity index (χ1n) is 9.50. The van der Waals surface area contributed by atoms with E-state index in [1.807, 2.05) is 54.6 Å². The maximum Gasteiger partial charge on any atom is 0.324 e. The zero-order valence-electron chi connectivity index (χ0n) is 16.1. The van der Waals surface area contributed by atoms with E-state index in [4.69, 9.17) is 4.74 Å². The predicted octanol–water partition coefficient (Wildman–Crippen LogP) is 5.10. The molecule has 3 rings (SSSR count). The highest BCUT2D eigenvalue weighted by molar-refractivity contribution is 14.1. The number of ether oxygens (including phenoxy) is 1. The zero-order chi connectivity index (χ0) is 20.5. The summed E-state index contributed by atoms with van der Waals surface area (Å²) in [5.74, 6) is -0.286. The van der Waals surface area contributed by atoms with Crippen molar-refractivity contribution in [2.45, 2.75) is 11.6 Å². The first kappa shape index (κ1) is 21.3. The van der Waals surface area contributed by atoms with Crippen molar-refractivity contribution >= 4 is 28.6 Å². The number of benzene rings is 3. The van der Waals surface area contributed by atoms with Gasteiger partial charge in [-0.05, 0) is 16.7 Å². The molecule has 0 saturated heterocycles. The van der Waals surface area contributed by atoms with Gasteiger partial charge in [0, 0.05) is 4.43 Å². The molecule has 0 saturated carbocycles. The number of hydrogen-bond donors (Lipinski definition) is 1. The Labute approximate surface area is 185 Å². The molecule has 0 bridgehead atoms. The van der Waals surface area contributed by atoms with Crippen molar-refractivity contribution in [2.24, 2.45) is 0 Å². The Kier molecular flexibility index (Phi) is 7.61. The quantitative estimate of drug-likeness (QED) is 0.147. The normalized spacial score (nSPS) is 12.2. The second-order valence-electron chi connectivity index (χ2n) is 6.62. The van der Waals surface area contributed by atoms with Gasteiger partial charge in [-0.3, -0.25) is 10.1 Å². The van der Waals surface area contributed by atoms with Gasteiger partial charge in [0.2, 0.25) is 0 Å². The van der Waals surface area contributed by atoms with Crippen LogP contribution in [0.5, 0.6) is 0 Å². The molecule has 0 amide bonds. The molecule has 1 atom stereocenters. The number of rotatable bonds is 9. The van der Waals surface area contributed by atoms with Crippen LogP contribution in [-0.2, 0) is 15.1 Å². The average Bonchev–Trinajstić information content (AvgIpc) is 2.80. The highest BCUT2D eigenvalue weighted by Gasteiger charge is 2.39. The molecular weight excluding hydrogens is 473 g/mol. The second-order valence-corrected chi connectivity index (χ2v) is 7.50. The molecule has 0 aliphatic rings. The zero-order valence-corrected chi connectivity index (χ0v) is 18.3. The van der Waals surface area contributed by atoms with E-state index in [0.29, 0.717) is 4.43 Å². The third kappa shape index (κ3) is 4.77. The molecule has 1 N–H and O–H groups in total. The lowest BCUT2D eigenvalue weighted by Gasteiger charge is -2.39. The molecule has 3 nitrogen and oxygen atoms in total. The summed E-state index contributed by atoms with van der Waals surface area (Å²) in [5.41, 5.74) is 2.48. The molecule has 0 fully saturated rings. The van der Waals surface area contributed by atoms with Crippen LogP contribution in [-0.4, -0.2) is 23.0 Å². The van der Waals surface area contributed by atoms with Gasteiger partial charge in [0.1, 0.15) is 12.6 Å². The van der Waals surface area contributed by atoms with Crippen molar-refractivity contribution in [3.63, 3.8) is 0 Å². The van der Waals surface area contributed by atoms with E-state index in [9.17, 15) is 4.79 Å². The van der Waals surface area contributed by atoms with E-state index in [1.165, 1.54) is 0 Å². The number of alkyl halides is 1. The highest BCUT2D eigenvalue weighted by Crippen LogP contribution is 2.37. The summed E-state index contributed by atoms with van der Waals surface area (Å²) in [6.45, 7) is 3.83. The van der Waals surface area contributed by atoms with Gasteiger partial charge in [-0.25, -0.2) is 0 Å². The monoisotopic (exact) mass is 497 g/mol. The van der Waals surface area contributed by atoms with E-state index in [2.05, 4.69) is 70.9 Å². The Hall–Kier alpha value is -2.44. The van der Waals surface area contributed by atoms with Gasteiger partial charge in [-0.1, -0.05) is 126 Å². The average molecular weight is 497 g/mol. The smallest absolute Gasteiger partial charge is 0.324 e. The lowest BCUT2D eigenvalue weighted by molar-refractivity contribution is -0.144. The van der Waals surface area contributed by atoms with Crippen LogP contribution in [0, 0.1) is 0 Å². The number of esters is 1. The number of hydrogen-bond acceptors (Lipinski definition) is 3. The van der Waals surface area contributed by atoms with Crippen LogP contribution in [0.15, 0.2) is 104 Å². The SMILES string of the molecule is C=CCOC(=O)[C@@H](CI)NC(c1ccccc1)(c1ccccc1)c1ccccc1. The maximum atomic E-state index is 12.8. The summed E-state index contributed by atoms with van der Waals surface area (Å²) in [6.07, 6.45) is 1.58. The van der Waals surface area contributed by atoms with Crippen LogP contribution in [0.4, 0.5) is 0 Å². The lowest BCUT2D eigenvalue weighted by Crippen LogP contribution is -2.53. The number of carbonyl (C=O) groups excluding carboxylic acids is 1. The van der Waals surface area contributed by atoms with Gasteiger partial charge in [-0.15, -0.1) is 0 Å². The third-order valence-electron chi connectivity index (χ3n) is 4.79. The molecular formula is C25H24INO2. The van der Waals surface area contributed by atoms with Crippen molar-refractivity contribution in [1.29, 1.82) is 0 Å². The van der Waals surface area contributed by atoms with Crippen molar-refractivity contribution in [3.8, 4) is 0 Å². The molecule has 4 heteroatoms. The van der Waals surface area contributed by atoms with Crippen LogP contribution in [0.1, 0.15) is 16.7 Å². The molecule has 3 aromatic carbocycles. The van der Waals surface area contributed by atoms with Crippen molar-refractivity contribution in [2.75, 3.05) is 11.0 Å². The Morgan fingerprint density at radius 3 is 1.66 bits per heavy atom. The summed E-state index contributed by atoms with van der Waals surface area (Å²) in [4.78, 5) is 12.8. The Morgan fingerprint density at radius 2 is 1.31 bits per heavy atom. The fraction of sp³-hybridized carbons (Fsp3) is 0.160. The number of carbonyl (C=O) groups is 1. The minimum Gasteiger partial charge on any atom is -0.460 e. The highest BCUT2D eigenvalue weighted by atomic mass is 127. The molecule has 0 aliphatic heterocycles. The molecule has 3 aromatic rings. The molecule has 0 aromatic heterocycles. The first-order chi connectivity index (χ1) is 14.2. The van der Waals surface area contributed by atoms with E-state index in [1.54, 1.807) is 6.08 Å². The molecule has 0 radical (unpaired) electrons. The maximum absolute atomic E-state index is 12.8. The summed E-state index contributed by atoms with van der Waals surface area (Å²) in [5, 5.41) is 3.66. The van der Waals surface area contributed by atoms with E-state index < -0.39 is 11.6 Å². The minimum absolute atomic E-state index is 0.197. The Bertz CT molecular complexity index is 817. The fourth-order valence-electron chi connectivity index (χ4n) is 3.48. The molecule has 0 spiro atoms. The van der Waals surface area contributed by atoms with E-state index in [-0.39, 0.29) is 12.6 Å². The van der Waals surface area contributed by atoms with E-state index in [0.717, 1.165) is 16.7 Å². The van der Waals surface area contributed by atoms with Crippen molar-refractivity contribution in [1.82, 2.24) is 5.32 Å². The van der Waals surface area contributed by atoms with Gasteiger partial charge in [-0.2, -0.15) is 0 Å². The van der Waals surface area contributed by atoms with Crippen molar-refractivity contribution < 1.29 is 9.53 Å². The van der Waals surface area contributed by atoms with E-state index >= 15 is 0 Å². The Morgan fingerprint density at radius 1 is 0.897 bits per heavy atom. The van der Waals surface area contributed by atoms with Crippen LogP contribution >= 0.6 is 22.6 Å². The van der Waals surface area contributed by atoms with Gasteiger partial charge in [0.15, 0.2) is 0 Å². The van der Waals surface area contributed by atoms with Gasteiger partial charge in [0.05, 0.1) is 5.54 Å². The minimum atomic E-state index is -0.702. The molecule has 0 heterocycles. The lowest BCUT2D eigenvalue weighted by atomic mass is 9.76. The largest absolute Gasteiger partial charge is 0.460 e.